The van der Waals surface area contributed by atoms with E-state index in [0.717, 1.165) is 26.8 Å². The number of aryl methyl sites for hydroxylation is 2. The fourth-order valence-electron chi connectivity index (χ4n) is 3.02. The third kappa shape index (κ3) is 3.99. The molecule has 0 fully saturated rings. The van der Waals surface area contributed by atoms with Gasteiger partial charge in [0.05, 0.1) is 0 Å². The largest absolute Gasteiger partial charge is 0.440 e. The molecule has 0 saturated carbocycles. The van der Waals surface area contributed by atoms with Crippen LogP contribution < -0.4 is 5.32 Å². The normalized spacial score (nSPS) is 11.0. The monoisotopic (exact) mass is 434 g/mol. The summed E-state index contributed by atoms with van der Waals surface area (Å²) in [7, 11) is 0. The predicted molar refractivity (Wildman–Crippen MR) is 115 cm³/mol. The van der Waals surface area contributed by atoms with E-state index in [1.807, 2.05) is 42.5 Å². The van der Waals surface area contributed by atoms with Gasteiger partial charge in [-0.3, -0.25) is 4.79 Å². The molecule has 0 spiro atoms. The summed E-state index contributed by atoms with van der Waals surface area (Å²) < 4.78 is 6.76. The molecule has 0 saturated heterocycles. The molecule has 0 radical (unpaired) electrons. The third-order valence-electron chi connectivity index (χ3n) is 4.70. The molecule has 4 aromatic rings. The molecule has 0 aliphatic rings. The third-order valence-corrected chi connectivity index (χ3v) is 5.20. The number of hydrogen-bond donors (Lipinski definition) is 1. The summed E-state index contributed by atoms with van der Waals surface area (Å²) in [4.78, 5) is 16.9. The molecular weight excluding hydrogens is 416 g/mol. The van der Waals surface area contributed by atoms with Gasteiger partial charge in [0.2, 0.25) is 0 Å². The minimum Gasteiger partial charge on any atom is -0.440 e. The molecule has 4 rings (SSSR count). The van der Waals surface area contributed by atoms with E-state index in [-0.39, 0.29) is 5.91 Å². The maximum atomic E-state index is 12.3. The van der Waals surface area contributed by atoms with E-state index < -0.39 is 0 Å². The SMILES string of the molecule is Cc1cc2nc(Cc3ccc(NC(=O)c4cccc(Br)c4)cc3)oc2cc1C. The van der Waals surface area contributed by atoms with Gasteiger partial charge in [-0.15, -0.1) is 0 Å². The van der Waals surface area contributed by atoms with Gasteiger partial charge < -0.3 is 9.73 Å². The lowest BCUT2D eigenvalue weighted by Crippen LogP contribution is -2.11. The molecule has 0 aliphatic carbocycles. The molecule has 5 heteroatoms. The van der Waals surface area contributed by atoms with Crippen LogP contribution >= 0.6 is 15.9 Å². The zero-order valence-corrected chi connectivity index (χ0v) is 17.2. The van der Waals surface area contributed by atoms with Crippen LogP contribution in [0.5, 0.6) is 0 Å². The molecule has 1 amide bonds. The maximum Gasteiger partial charge on any atom is 0.255 e. The van der Waals surface area contributed by atoms with Crippen molar-refractivity contribution in [3.05, 3.63) is 93.3 Å². The van der Waals surface area contributed by atoms with Gasteiger partial charge in [0.15, 0.2) is 11.5 Å². The van der Waals surface area contributed by atoms with Crippen LogP contribution in [0, 0.1) is 13.8 Å². The second-order valence-electron chi connectivity index (χ2n) is 6.85. The highest BCUT2D eigenvalue weighted by Gasteiger charge is 2.10. The number of anilines is 1. The van der Waals surface area contributed by atoms with Gasteiger partial charge in [-0.25, -0.2) is 4.98 Å². The highest BCUT2D eigenvalue weighted by molar-refractivity contribution is 9.10. The first-order valence-corrected chi connectivity index (χ1v) is 9.80. The van der Waals surface area contributed by atoms with Crippen molar-refractivity contribution in [2.45, 2.75) is 20.3 Å². The fraction of sp³-hybridized carbons (Fsp3) is 0.130. The number of nitrogens with one attached hydrogen (secondary N) is 1. The molecule has 28 heavy (non-hydrogen) atoms. The number of nitrogens with zero attached hydrogens (tertiary/aromatic N) is 1. The quantitative estimate of drug-likeness (QED) is 0.425. The van der Waals surface area contributed by atoms with Crippen molar-refractivity contribution < 1.29 is 9.21 Å². The zero-order valence-electron chi connectivity index (χ0n) is 15.6. The van der Waals surface area contributed by atoms with Crippen molar-refractivity contribution in [2.24, 2.45) is 0 Å². The summed E-state index contributed by atoms with van der Waals surface area (Å²) in [6.07, 6.45) is 0.604. The highest BCUT2D eigenvalue weighted by Crippen LogP contribution is 2.22. The Bertz CT molecular complexity index is 1120. The van der Waals surface area contributed by atoms with E-state index in [9.17, 15) is 4.79 Å². The van der Waals surface area contributed by atoms with E-state index >= 15 is 0 Å². The Morgan fingerprint density at radius 2 is 1.79 bits per heavy atom. The Morgan fingerprint density at radius 1 is 1.04 bits per heavy atom. The minimum absolute atomic E-state index is 0.140. The standard InChI is InChI=1S/C23H19BrN2O2/c1-14-10-20-21(11-15(14)2)28-22(26-20)12-16-6-8-19(9-7-16)25-23(27)17-4-3-5-18(24)13-17/h3-11,13H,12H2,1-2H3,(H,25,27). The number of carbonyl (C=O) groups is 1. The Morgan fingerprint density at radius 3 is 2.54 bits per heavy atom. The molecule has 0 atom stereocenters. The Hall–Kier alpha value is -2.92. The maximum absolute atomic E-state index is 12.3. The molecule has 4 nitrogen and oxygen atoms in total. The number of carbonyl (C=O) groups excluding carboxylic acids is 1. The molecule has 1 heterocycles. The van der Waals surface area contributed by atoms with Crippen LogP contribution in [0.15, 0.2) is 69.6 Å². The number of benzene rings is 3. The van der Waals surface area contributed by atoms with Crippen molar-refractivity contribution in [1.29, 1.82) is 0 Å². The molecule has 1 aromatic heterocycles. The summed E-state index contributed by atoms with van der Waals surface area (Å²) in [5, 5.41) is 2.91. The molecular formula is C23H19BrN2O2. The van der Waals surface area contributed by atoms with E-state index in [1.54, 1.807) is 12.1 Å². The van der Waals surface area contributed by atoms with Crippen LogP contribution in [-0.4, -0.2) is 10.9 Å². The van der Waals surface area contributed by atoms with Crippen molar-refractivity contribution in [1.82, 2.24) is 4.98 Å². The molecule has 1 N–H and O–H groups in total. The van der Waals surface area contributed by atoms with Gasteiger partial charge in [-0.2, -0.15) is 0 Å². The van der Waals surface area contributed by atoms with E-state index in [4.69, 9.17) is 4.42 Å². The smallest absolute Gasteiger partial charge is 0.255 e. The van der Waals surface area contributed by atoms with Gasteiger partial charge in [0.25, 0.3) is 5.91 Å². The van der Waals surface area contributed by atoms with Crippen LogP contribution in [0.2, 0.25) is 0 Å². The van der Waals surface area contributed by atoms with Crippen LogP contribution in [0.25, 0.3) is 11.1 Å². The second-order valence-corrected chi connectivity index (χ2v) is 7.77. The first-order valence-electron chi connectivity index (χ1n) is 9.00. The first kappa shape index (κ1) is 18.4. The van der Waals surface area contributed by atoms with Crippen molar-refractivity contribution >= 4 is 38.6 Å². The Labute approximate surface area is 171 Å². The first-order chi connectivity index (χ1) is 13.5. The number of amides is 1. The summed E-state index contributed by atoms with van der Waals surface area (Å²) in [5.74, 6) is 0.546. The summed E-state index contributed by atoms with van der Waals surface area (Å²) in [5.41, 5.74) is 6.53. The van der Waals surface area contributed by atoms with E-state index in [0.29, 0.717) is 17.9 Å². The Balaban J connectivity index is 1.47. The van der Waals surface area contributed by atoms with Crippen LogP contribution in [0.4, 0.5) is 5.69 Å². The number of rotatable bonds is 4. The fourth-order valence-corrected chi connectivity index (χ4v) is 3.42. The van der Waals surface area contributed by atoms with E-state index in [1.165, 1.54) is 11.1 Å². The number of halogens is 1. The minimum atomic E-state index is -0.140. The van der Waals surface area contributed by atoms with Crippen molar-refractivity contribution in [2.75, 3.05) is 5.32 Å². The predicted octanol–water partition coefficient (Wildman–Crippen LogP) is 6.05. The van der Waals surface area contributed by atoms with Gasteiger partial charge in [0, 0.05) is 22.1 Å². The topological polar surface area (TPSA) is 55.1 Å². The van der Waals surface area contributed by atoms with Gasteiger partial charge in [0.1, 0.15) is 5.52 Å². The summed E-state index contributed by atoms with van der Waals surface area (Å²) >= 11 is 3.38. The lowest BCUT2D eigenvalue weighted by atomic mass is 10.1. The van der Waals surface area contributed by atoms with Crippen LogP contribution in [0.3, 0.4) is 0 Å². The molecule has 3 aromatic carbocycles. The Kier molecular flexibility index (Phi) is 5.01. The molecule has 0 unspecified atom stereocenters. The van der Waals surface area contributed by atoms with Crippen molar-refractivity contribution in [3.8, 4) is 0 Å². The second kappa shape index (κ2) is 7.60. The van der Waals surface area contributed by atoms with E-state index in [2.05, 4.69) is 46.1 Å². The molecule has 140 valence electrons. The lowest BCUT2D eigenvalue weighted by Gasteiger charge is -2.06. The average molecular weight is 435 g/mol. The number of aromatic nitrogens is 1. The number of fused-ring (bicyclic) bond motifs is 1. The van der Waals surface area contributed by atoms with Gasteiger partial charge in [-0.1, -0.05) is 34.1 Å². The van der Waals surface area contributed by atoms with Crippen LogP contribution in [0.1, 0.15) is 32.9 Å². The van der Waals surface area contributed by atoms with Crippen LogP contribution in [-0.2, 0) is 6.42 Å². The summed E-state index contributed by atoms with van der Waals surface area (Å²) in [6.45, 7) is 4.14. The highest BCUT2D eigenvalue weighted by atomic mass is 79.9. The molecule has 0 bridgehead atoms. The zero-order chi connectivity index (χ0) is 19.7. The van der Waals surface area contributed by atoms with Gasteiger partial charge in [-0.05, 0) is 73.0 Å². The number of oxazole rings is 1. The van der Waals surface area contributed by atoms with Crippen molar-refractivity contribution in [3.63, 3.8) is 0 Å². The lowest BCUT2D eigenvalue weighted by molar-refractivity contribution is 0.102. The summed E-state index contributed by atoms with van der Waals surface area (Å²) in [6, 6.07) is 19.1. The average Bonchev–Trinajstić information content (AvgIpc) is 3.04. The molecule has 0 aliphatic heterocycles. The van der Waals surface area contributed by atoms with Gasteiger partial charge >= 0.3 is 0 Å². The number of hydrogen-bond acceptors (Lipinski definition) is 3.